The molecule has 1 amide bonds. The number of nitrogens with two attached hydrogens (primary N) is 1. The van der Waals surface area contributed by atoms with E-state index in [0.29, 0.717) is 12.1 Å². The molecule has 32 heavy (non-hydrogen) atoms. The number of carbonyl (C=O) groups is 2. The van der Waals surface area contributed by atoms with Crippen LogP contribution in [0.2, 0.25) is 0 Å². The number of amides is 1. The molecule has 0 aliphatic heterocycles. The smallest absolute Gasteiger partial charge is 0.332 e. The Balaban J connectivity index is 1.32. The van der Waals surface area contributed by atoms with E-state index in [2.05, 4.69) is 41.9 Å². The zero-order chi connectivity index (χ0) is 22.6. The van der Waals surface area contributed by atoms with Crippen molar-refractivity contribution in [2.45, 2.75) is 44.9 Å². The Kier molecular flexibility index (Phi) is 8.87. The fraction of sp³-hybridized carbons (Fsp3) is 0.259. The van der Waals surface area contributed by atoms with E-state index < -0.39 is 5.97 Å². The number of anilines is 1. The van der Waals surface area contributed by atoms with Gasteiger partial charge in [-0.05, 0) is 60.4 Å². The molecule has 5 heteroatoms. The molecule has 0 aliphatic rings. The number of unbranched alkanes of at least 4 members (excludes halogenated alkanes) is 1. The van der Waals surface area contributed by atoms with Crippen LogP contribution in [0.3, 0.4) is 0 Å². The van der Waals surface area contributed by atoms with Crippen molar-refractivity contribution >= 4 is 17.6 Å². The van der Waals surface area contributed by atoms with Crippen molar-refractivity contribution < 1.29 is 14.4 Å². The average Bonchev–Trinajstić information content (AvgIpc) is 2.82. The van der Waals surface area contributed by atoms with Crippen LogP contribution in [0.25, 0.3) is 0 Å². The number of nitrogens with one attached hydrogen (secondary N) is 1. The fourth-order valence-electron chi connectivity index (χ4n) is 3.51. The van der Waals surface area contributed by atoms with Crippen LogP contribution in [0.15, 0.2) is 78.9 Å². The Morgan fingerprint density at radius 2 is 1.31 bits per heavy atom. The predicted octanol–water partition coefficient (Wildman–Crippen LogP) is 4.58. The highest BCUT2D eigenvalue weighted by molar-refractivity contribution is 5.80. The second-order valence-corrected chi connectivity index (χ2v) is 7.88. The first-order valence-corrected chi connectivity index (χ1v) is 11.0. The number of nitrogen functional groups attached to an aromatic ring is 1. The molecule has 0 spiro atoms. The quantitative estimate of drug-likeness (QED) is 0.280. The number of rotatable bonds is 10. The van der Waals surface area contributed by atoms with E-state index in [1.165, 1.54) is 11.1 Å². The lowest BCUT2D eigenvalue weighted by atomic mass is 10.0. The van der Waals surface area contributed by atoms with Crippen LogP contribution in [0, 0.1) is 0 Å². The fourth-order valence-corrected chi connectivity index (χ4v) is 3.51. The van der Waals surface area contributed by atoms with E-state index in [1.807, 2.05) is 36.4 Å². The second-order valence-electron chi connectivity index (χ2n) is 7.88. The molecule has 0 fully saturated rings. The molecule has 3 rings (SSSR count). The molecular formula is C27H30N2O3. The van der Waals surface area contributed by atoms with Gasteiger partial charge in [0.15, 0.2) is 0 Å². The molecule has 0 saturated carbocycles. The van der Waals surface area contributed by atoms with Gasteiger partial charge in [-0.1, -0.05) is 72.8 Å². The van der Waals surface area contributed by atoms with Gasteiger partial charge < -0.3 is 10.6 Å². The van der Waals surface area contributed by atoms with Crippen molar-refractivity contribution in [1.29, 1.82) is 0 Å². The number of hydrogen-bond donors (Lipinski definition) is 2. The minimum Gasteiger partial charge on any atom is -0.399 e. The highest BCUT2D eigenvalue weighted by Gasteiger charge is 2.09. The maximum absolute atomic E-state index is 12.1. The summed E-state index contributed by atoms with van der Waals surface area (Å²) in [5.74, 6) is -0.847. The van der Waals surface area contributed by atoms with Crippen molar-refractivity contribution in [1.82, 2.24) is 5.48 Å². The molecule has 0 unspecified atom stereocenters. The lowest BCUT2D eigenvalue weighted by Gasteiger charge is -2.08. The van der Waals surface area contributed by atoms with Crippen LogP contribution in [-0.4, -0.2) is 11.9 Å². The van der Waals surface area contributed by atoms with Crippen molar-refractivity contribution in [3.05, 3.63) is 101 Å². The minimum atomic E-state index is -0.493. The Morgan fingerprint density at radius 3 is 2.00 bits per heavy atom. The molecule has 0 heterocycles. The summed E-state index contributed by atoms with van der Waals surface area (Å²) >= 11 is 0. The number of hydrogen-bond acceptors (Lipinski definition) is 4. The molecule has 0 bridgehead atoms. The van der Waals surface area contributed by atoms with E-state index in [9.17, 15) is 9.59 Å². The third-order valence-electron chi connectivity index (χ3n) is 5.34. The summed E-state index contributed by atoms with van der Waals surface area (Å²) in [7, 11) is 0. The normalized spacial score (nSPS) is 10.5. The number of carbonyl (C=O) groups excluding carboxylic acids is 2. The Bertz CT molecular complexity index is 1000. The Morgan fingerprint density at radius 1 is 0.719 bits per heavy atom. The third kappa shape index (κ3) is 7.91. The summed E-state index contributed by atoms with van der Waals surface area (Å²) in [5.41, 5.74) is 13.1. The van der Waals surface area contributed by atoms with Crippen LogP contribution in [-0.2, 0) is 40.1 Å². The van der Waals surface area contributed by atoms with E-state index in [1.54, 1.807) is 6.07 Å². The van der Waals surface area contributed by atoms with E-state index in [4.69, 9.17) is 10.6 Å². The van der Waals surface area contributed by atoms with Crippen molar-refractivity contribution in [2.24, 2.45) is 0 Å². The summed E-state index contributed by atoms with van der Waals surface area (Å²) in [4.78, 5) is 28.8. The third-order valence-corrected chi connectivity index (χ3v) is 5.34. The van der Waals surface area contributed by atoms with E-state index >= 15 is 0 Å². The lowest BCUT2D eigenvalue weighted by Crippen LogP contribution is -2.28. The molecule has 5 nitrogen and oxygen atoms in total. The van der Waals surface area contributed by atoms with Gasteiger partial charge in [-0.25, -0.2) is 4.79 Å². The topological polar surface area (TPSA) is 81.4 Å². The summed E-state index contributed by atoms with van der Waals surface area (Å²) in [6, 6.07) is 25.9. The lowest BCUT2D eigenvalue weighted by molar-refractivity contribution is -0.158. The summed E-state index contributed by atoms with van der Waals surface area (Å²) < 4.78 is 0. The molecule has 0 aromatic heterocycles. The Labute approximate surface area is 189 Å². The van der Waals surface area contributed by atoms with Crippen LogP contribution in [0.5, 0.6) is 0 Å². The summed E-state index contributed by atoms with van der Waals surface area (Å²) in [5, 5.41) is 0. The van der Waals surface area contributed by atoms with Gasteiger partial charge in [0.1, 0.15) is 0 Å². The molecule has 0 aliphatic carbocycles. The average molecular weight is 431 g/mol. The molecule has 3 aromatic carbocycles. The predicted molar refractivity (Wildman–Crippen MR) is 127 cm³/mol. The van der Waals surface area contributed by atoms with Crippen molar-refractivity contribution in [2.75, 3.05) is 5.73 Å². The molecule has 0 saturated heterocycles. The number of benzene rings is 3. The van der Waals surface area contributed by atoms with Gasteiger partial charge >= 0.3 is 5.97 Å². The van der Waals surface area contributed by atoms with Gasteiger partial charge in [0, 0.05) is 5.69 Å². The largest absolute Gasteiger partial charge is 0.399 e. The first-order valence-electron chi connectivity index (χ1n) is 11.0. The van der Waals surface area contributed by atoms with Gasteiger partial charge in [-0.3, -0.25) is 4.79 Å². The molecule has 0 atom stereocenters. The SMILES string of the molecule is Nc1ccccc1CCC(=O)ONC(=O)Cc1ccc(CCCCc2ccccc2)cc1. The first-order chi connectivity index (χ1) is 15.6. The number of hydroxylamine groups is 1. The molecule has 0 radical (unpaired) electrons. The molecule has 3 aromatic rings. The zero-order valence-electron chi connectivity index (χ0n) is 18.3. The first kappa shape index (κ1) is 23.1. The monoisotopic (exact) mass is 430 g/mol. The van der Waals surface area contributed by atoms with Crippen LogP contribution in [0.1, 0.15) is 41.5 Å². The van der Waals surface area contributed by atoms with E-state index in [0.717, 1.165) is 36.8 Å². The maximum Gasteiger partial charge on any atom is 0.332 e. The van der Waals surface area contributed by atoms with E-state index in [-0.39, 0.29) is 18.7 Å². The van der Waals surface area contributed by atoms with Gasteiger partial charge in [0.25, 0.3) is 5.91 Å². The van der Waals surface area contributed by atoms with Crippen molar-refractivity contribution in [3.8, 4) is 0 Å². The van der Waals surface area contributed by atoms with Gasteiger partial charge in [-0.2, -0.15) is 5.48 Å². The minimum absolute atomic E-state index is 0.146. The van der Waals surface area contributed by atoms with Crippen molar-refractivity contribution in [3.63, 3.8) is 0 Å². The van der Waals surface area contributed by atoms with Crippen LogP contribution in [0.4, 0.5) is 5.69 Å². The molecular weight excluding hydrogens is 400 g/mol. The molecule has 166 valence electrons. The Hall–Kier alpha value is -3.60. The molecule has 3 N–H and O–H groups in total. The van der Waals surface area contributed by atoms with Crippen LogP contribution < -0.4 is 11.2 Å². The second kappa shape index (κ2) is 12.3. The standard InChI is InChI=1S/C27H30N2O3/c28-25-13-7-6-12-24(25)18-19-27(31)32-29-26(30)20-23-16-14-22(15-17-23)11-5-4-10-21-8-2-1-3-9-21/h1-3,6-9,12-17H,4-5,10-11,18-20,28H2,(H,29,30). The maximum atomic E-state index is 12.1. The summed E-state index contributed by atoms with van der Waals surface area (Å²) in [6.07, 6.45) is 5.16. The summed E-state index contributed by atoms with van der Waals surface area (Å²) in [6.45, 7) is 0. The van der Waals surface area contributed by atoms with Gasteiger partial charge in [0.05, 0.1) is 12.8 Å². The highest BCUT2D eigenvalue weighted by atomic mass is 16.7. The number of aryl methyl sites for hydroxylation is 3. The van der Waals surface area contributed by atoms with Gasteiger partial charge in [-0.15, -0.1) is 0 Å². The van der Waals surface area contributed by atoms with Gasteiger partial charge in [0.2, 0.25) is 0 Å². The number of para-hydroxylation sites is 1. The zero-order valence-corrected chi connectivity index (χ0v) is 18.3. The van der Waals surface area contributed by atoms with Crippen LogP contribution >= 0.6 is 0 Å². The highest BCUT2D eigenvalue weighted by Crippen LogP contribution is 2.13.